The van der Waals surface area contributed by atoms with Gasteiger partial charge in [0.2, 0.25) is 0 Å². The van der Waals surface area contributed by atoms with Crippen LogP contribution in [0.2, 0.25) is 0 Å². The van der Waals surface area contributed by atoms with Crippen LogP contribution in [-0.4, -0.2) is 66.3 Å². The van der Waals surface area contributed by atoms with Crippen LogP contribution in [0.5, 0.6) is 11.8 Å². The number of halogens is 1. The number of aromatic nitrogens is 8. The number of pyridine rings is 1. The van der Waals surface area contributed by atoms with Crippen molar-refractivity contribution in [2.75, 3.05) is 30.4 Å². The predicted octanol–water partition coefficient (Wildman–Crippen LogP) is 2.06. The first-order chi connectivity index (χ1) is 17.5. The van der Waals surface area contributed by atoms with E-state index in [2.05, 4.69) is 40.7 Å². The van der Waals surface area contributed by atoms with Crippen LogP contribution in [0, 0.1) is 17.7 Å². The van der Waals surface area contributed by atoms with Crippen molar-refractivity contribution >= 4 is 33.4 Å². The topological polar surface area (TPSA) is 149 Å². The van der Waals surface area contributed by atoms with Crippen LogP contribution in [-0.2, 0) is 7.05 Å². The van der Waals surface area contributed by atoms with E-state index in [9.17, 15) is 4.39 Å². The number of ether oxygens (including phenoxy) is 1. The van der Waals surface area contributed by atoms with Crippen molar-refractivity contribution in [1.82, 2.24) is 40.1 Å². The highest BCUT2D eigenvalue weighted by atomic mass is 19.1. The van der Waals surface area contributed by atoms with Crippen molar-refractivity contribution in [2.45, 2.75) is 6.04 Å². The van der Waals surface area contributed by atoms with Gasteiger partial charge in [-0.15, -0.1) is 5.10 Å². The number of fused-ring (bicyclic) bond motifs is 4. The minimum Gasteiger partial charge on any atom is -0.423 e. The van der Waals surface area contributed by atoms with Gasteiger partial charge >= 0.3 is 6.01 Å². The van der Waals surface area contributed by atoms with E-state index in [0.29, 0.717) is 51.5 Å². The molecule has 5 aromatic rings. The maximum Gasteiger partial charge on any atom is 0.326 e. The second-order valence-electron chi connectivity index (χ2n) is 9.25. The zero-order chi connectivity index (χ0) is 24.6. The van der Waals surface area contributed by atoms with E-state index in [1.54, 1.807) is 37.2 Å². The molecule has 13 heteroatoms. The lowest BCUT2D eigenvalue weighted by Gasteiger charge is -2.21. The number of anilines is 2. The lowest BCUT2D eigenvalue weighted by molar-refractivity contribution is 0.442. The Balaban J connectivity index is 1.35. The molecule has 2 fully saturated rings. The molecule has 182 valence electrons. The first-order valence-electron chi connectivity index (χ1n) is 11.6. The highest BCUT2D eigenvalue weighted by molar-refractivity contribution is 6.14. The molecule has 3 atom stereocenters. The molecule has 0 unspecified atom stereocenters. The molecule has 1 aliphatic heterocycles. The van der Waals surface area contributed by atoms with Gasteiger partial charge in [0.1, 0.15) is 23.0 Å². The molecule has 0 radical (unpaired) electrons. The van der Waals surface area contributed by atoms with E-state index in [1.165, 1.54) is 12.1 Å². The molecule has 0 bridgehead atoms. The summed E-state index contributed by atoms with van der Waals surface area (Å²) in [6.07, 6.45) is 3.23. The Bertz CT molecular complexity index is 1630. The standard InChI is InChI=1S/C23H22FN11O/c1-26-16-5-11(24)4-13-17-20(28-19(13)16)29-23(30-22(17)35-8-14-15(9-35)18(14)25)36-12-3-10(6-27-7-12)21-31-32-33-34(21)2/h3-7,14-15,18,26H,8-9,25H2,1-2H3,(H,28,29,30)/t14-,15+,18+. The molecule has 2 aliphatic rings. The number of hydrogen-bond donors (Lipinski definition) is 3. The molecule has 12 nitrogen and oxygen atoms in total. The maximum absolute atomic E-state index is 14.5. The van der Waals surface area contributed by atoms with Gasteiger partial charge in [-0.25, -0.2) is 9.07 Å². The number of piperidine rings is 1. The zero-order valence-corrected chi connectivity index (χ0v) is 19.5. The number of H-pyrrole nitrogens is 1. The number of benzene rings is 1. The normalized spacial score (nSPS) is 20.8. The number of nitrogens with two attached hydrogens (primary N) is 1. The van der Waals surface area contributed by atoms with Gasteiger partial charge < -0.3 is 25.7 Å². The van der Waals surface area contributed by atoms with Gasteiger partial charge in [0.15, 0.2) is 5.82 Å². The minimum atomic E-state index is -0.341. The summed E-state index contributed by atoms with van der Waals surface area (Å²) >= 11 is 0. The predicted molar refractivity (Wildman–Crippen MR) is 130 cm³/mol. The molecule has 1 aliphatic carbocycles. The summed E-state index contributed by atoms with van der Waals surface area (Å²) in [5.74, 6) is 2.21. The van der Waals surface area contributed by atoms with Crippen molar-refractivity contribution in [3.8, 4) is 23.1 Å². The van der Waals surface area contributed by atoms with Crippen LogP contribution >= 0.6 is 0 Å². The number of aromatic amines is 1. The molecule has 7 rings (SSSR count). The van der Waals surface area contributed by atoms with E-state index in [0.717, 1.165) is 24.0 Å². The van der Waals surface area contributed by atoms with E-state index < -0.39 is 0 Å². The molecular weight excluding hydrogens is 465 g/mol. The smallest absolute Gasteiger partial charge is 0.326 e. The zero-order valence-electron chi connectivity index (χ0n) is 19.5. The largest absolute Gasteiger partial charge is 0.423 e. The number of nitrogens with one attached hydrogen (secondary N) is 2. The summed E-state index contributed by atoms with van der Waals surface area (Å²) in [5.41, 5.74) is 8.81. The van der Waals surface area contributed by atoms with E-state index in [-0.39, 0.29) is 17.9 Å². The van der Waals surface area contributed by atoms with Crippen LogP contribution < -0.4 is 20.7 Å². The average Bonchev–Trinajstić information content (AvgIpc) is 3.33. The van der Waals surface area contributed by atoms with Crippen LogP contribution in [0.4, 0.5) is 15.9 Å². The van der Waals surface area contributed by atoms with Crippen LogP contribution in [0.1, 0.15) is 0 Å². The van der Waals surface area contributed by atoms with Gasteiger partial charge in [-0.1, -0.05) is 0 Å². The molecule has 1 saturated heterocycles. The second-order valence-corrected chi connectivity index (χ2v) is 9.25. The summed E-state index contributed by atoms with van der Waals surface area (Å²) in [6.45, 7) is 1.57. The molecule has 1 aromatic carbocycles. The number of nitrogens with zero attached hydrogens (tertiary/aromatic N) is 8. The number of tetrazole rings is 1. The van der Waals surface area contributed by atoms with E-state index >= 15 is 0 Å². The van der Waals surface area contributed by atoms with Crippen molar-refractivity contribution in [2.24, 2.45) is 24.6 Å². The lowest BCUT2D eigenvalue weighted by Crippen LogP contribution is -2.29. The number of aryl methyl sites for hydroxylation is 1. The van der Waals surface area contributed by atoms with Gasteiger partial charge in [-0.05, 0) is 40.5 Å². The fourth-order valence-corrected chi connectivity index (χ4v) is 5.22. The summed E-state index contributed by atoms with van der Waals surface area (Å²) in [4.78, 5) is 19.2. The molecule has 36 heavy (non-hydrogen) atoms. The Hall–Kier alpha value is -4.39. The van der Waals surface area contributed by atoms with Gasteiger partial charge in [-0.3, -0.25) is 4.98 Å². The van der Waals surface area contributed by atoms with Crippen molar-refractivity contribution in [3.05, 3.63) is 36.4 Å². The highest BCUT2D eigenvalue weighted by Gasteiger charge is 2.54. The quantitative estimate of drug-likeness (QED) is 0.336. The van der Waals surface area contributed by atoms with Crippen LogP contribution in [0.15, 0.2) is 30.6 Å². The molecule has 4 N–H and O–H groups in total. The monoisotopic (exact) mass is 487 g/mol. The molecule has 4 aromatic heterocycles. The Morgan fingerprint density at radius 1 is 1.17 bits per heavy atom. The summed E-state index contributed by atoms with van der Waals surface area (Å²) in [5, 5.41) is 16.1. The molecule has 0 amide bonds. The molecule has 5 heterocycles. The Labute approximate surface area is 203 Å². The fraction of sp³-hybridized carbons (Fsp3) is 0.304. The van der Waals surface area contributed by atoms with Gasteiger partial charge in [0.05, 0.1) is 22.8 Å². The van der Waals surface area contributed by atoms with Gasteiger partial charge in [0.25, 0.3) is 0 Å². The number of hydrogen-bond acceptors (Lipinski definition) is 10. The third kappa shape index (κ3) is 3.16. The SMILES string of the molecule is CNc1cc(F)cc2c1[nH]c1nc(Oc3cncc(-c4nnnn4C)c3)nc(N3C[C@@H]4[C@@H](N)[C@@H]4C3)c12. The van der Waals surface area contributed by atoms with Crippen LogP contribution in [0.25, 0.3) is 33.3 Å². The third-order valence-electron chi connectivity index (χ3n) is 7.12. The van der Waals surface area contributed by atoms with Crippen molar-refractivity contribution in [3.63, 3.8) is 0 Å². The van der Waals surface area contributed by atoms with Gasteiger partial charge in [-0.2, -0.15) is 9.97 Å². The maximum atomic E-state index is 14.5. The van der Waals surface area contributed by atoms with E-state index in [1.807, 2.05) is 0 Å². The minimum absolute atomic E-state index is 0.149. The number of rotatable bonds is 5. The third-order valence-corrected chi connectivity index (χ3v) is 7.12. The Morgan fingerprint density at radius 2 is 2.00 bits per heavy atom. The van der Waals surface area contributed by atoms with Crippen LogP contribution in [0.3, 0.4) is 0 Å². The summed E-state index contributed by atoms with van der Waals surface area (Å²) in [7, 11) is 3.50. The highest BCUT2D eigenvalue weighted by Crippen LogP contribution is 2.47. The molecule has 1 saturated carbocycles. The summed E-state index contributed by atoms with van der Waals surface area (Å²) in [6, 6.07) is 5.11. The first-order valence-corrected chi connectivity index (χ1v) is 11.6. The second kappa shape index (κ2) is 7.55. The summed E-state index contributed by atoms with van der Waals surface area (Å²) < 4.78 is 22.1. The van der Waals surface area contributed by atoms with E-state index in [4.69, 9.17) is 15.5 Å². The molecular formula is C23H22FN11O. The fourth-order valence-electron chi connectivity index (χ4n) is 5.22. The molecule has 0 spiro atoms. The first kappa shape index (κ1) is 20.9. The van der Waals surface area contributed by atoms with Crippen molar-refractivity contribution < 1.29 is 9.13 Å². The van der Waals surface area contributed by atoms with Gasteiger partial charge in [0, 0.05) is 50.4 Å². The Morgan fingerprint density at radius 3 is 2.75 bits per heavy atom. The van der Waals surface area contributed by atoms with Crippen molar-refractivity contribution in [1.29, 1.82) is 0 Å². The average molecular weight is 488 g/mol. The lowest BCUT2D eigenvalue weighted by atomic mass is 10.1. The Kier molecular flexibility index (Phi) is 4.39.